The number of hydrogen-bond donors (Lipinski definition) is 2. The lowest BCUT2D eigenvalue weighted by Gasteiger charge is -2.36. The fraction of sp³-hybridized carbons (Fsp3) is 0.522. The molecule has 1 fully saturated rings. The summed E-state index contributed by atoms with van der Waals surface area (Å²) in [4.78, 5) is 20.2. The van der Waals surface area contributed by atoms with Crippen molar-refractivity contribution >= 4 is 35.9 Å². The van der Waals surface area contributed by atoms with Gasteiger partial charge in [0.1, 0.15) is 0 Å². The van der Waals surface area contributed by atoms with E-state index in [1.165, 1.54) is 11.1 Å². The van der Waals surface area contributed by atoms with Gasteiger partial charge in [0.25, 0.3) is 0 Å². The van der Waals surface area contributed by atoms with E-state index in [4.69, 9.17) is 4.99 Å². The lowest BCUT2D eigenvalue weighted by Crippen LogP contribution is -2.53. The number of aromatic nitrogens is 2. The lowest BCUT2D eigenvalue weighted by molar-refractivity contribution is 0.111. The van der Waals surface area contributed by atoms with Crippen LogP contribution in [0.15, 0.2) is 47.7 Å². The smallest absolute Gasteiger partial charge is 0.225 e. The van der Waals surface area contributed by atoms with Crippen LogP contribution in [0.4, 0.5) is 5.95 Å². The second-order valence-corrected chi connectivity index (χ2v) is 8.13. The number of hydrogen-bond acceptors (Lipinski definition) is 6. The van der Waals surface area contributed by atoms with E-state index >= 15 is 0 Å². The Morgan fingerprint density at radius 3 is 2.50 bits per heavy atom. The Morgan fingerprint density at radius 2 is 1.78 bits per heavy atom. The molecule has 0 spiro atoms. The zero-order chi connectivity index (χ0) is 21.5. The molecule has 0 radical (unpaired) electrons. The Hall–Kier alpha value is -1.98. The van der Waals surface area contributed by atoms with E-state index in [-0.39, 0.29) is 24.0 Å². The van der Waals surface area contributed by atoms with Crippen LogP contribution >= 0.6 is 24.0 Å². The maximum Gasteiger partial charge on any atom is 0.225 e. The monoisotopic (exact) mass is 551 g/mol. The number of piperazine rings is 1. The second kappa shape index (κ2) is 12.3. The first kappa shape index (κ1) is 24.7. The first-order valence-corrected chi connectivity index (χ1v) is 11.3. The van der Waals surface area contributed by atoms with Crippen molar-refractivity contribution in [1.29, 1.82) is 0 Å². The van der Waals surface area contributed by atoms with Crippen LogP contribution in [0.25, 0.3) is 0 Å². The largest absolute Gasteiger partial charge is 0.390 e. The van der Waals surface area contributed by atoms with Gasteiger partial charge in [0.05, 0.1) is 12.6 Å². The summed E-state index contributed by atoms with van der Waals surface area (Å²) in [6.07, 6.45) is 4.13. The Balaban J connectivity index is 0.00000289. The zero-order valence-corrected chi connectivity index (χ0v) is 21.1. The summed E-state index contributed by atoms with van der Waals surface area (Å²) < 4.78 is 0. The molecule has 1 unspecified atom stereocenters. The third-order valence-corrected chi connectivity index (χ3v) is 5.88. The number of benzene rings is 1. The standard InChI is InChI=1S/C23H33N7O.HI/c1-2-24-22(29-12-14-30(15-13-29)23-25-9-5-10-26-23)27-16-21(31)18-28-11-8-19-6-3-4-7-20(19)17-28;/h3-7,9-10,21,31H,2,8,11-18H2,1H3,(H,24,27);1H. The number of halogens is 1. The predicted octanol–water partition coefficient (Wildman–Crippen LogP) is 1.60. The molecule has 4 rings (SSSR count). The number of anilines is 1. The SMILES string of the molecule is CCNC(=NCC(O)CN1CCc2ccccc2C1)N1CCN(c2ncccn2)CC1.I. The van der Waals surface area contributed by atoms with Gasteiger partial charge in [-0.05, 0) is 30.5 Å². The Bertz CT molecular complexity index is 858. The molecule has 2 aromatic rings. The maximum absolute atomic E-state index is 10.6. The zero-order valence-electron chi connectivity index (χ0n) is 18.7. The quantitative estimate of drug-likeness (QED) is 0.321. The highest BCUT2D eigenvalue weighted by molar-refractivity contribution is 14.0. The van der Waals surface area contributed by atoms with Crippen molar-refractivity contribution in [2.75, 3.05) is 57.3 Å². The highest BCUT2D eigenvalue weighted by atomic mass is 127. The first-order chi connectivity index (χ1) is 15.2. The van der Waals surface area contributed by atoms with Gasteiger partial charge in [-0.15, -0.1) is 24.0 Å². The summed E-state index contributed by atoms with van der Waals surface area (Å²) >= 11 is 0. The topological polar surface area (TPSA) is 80.1 Å². The fourth-order valence-corrected chi connectivity index (χ4v) is 4.26. The Kier molecular flexibility index (Phi) is 9.49. The average molecular weight is 551 g/mol. The summed E-state index contributed by atoms with van der Waals surface area (Å²) in [7, 11) is 0. The van der Waals surface area contributed by atoms with Crippen molar-refractivity contribution < 1.29 is 5.11 Å². The number of fused-ring (bicyclic) bond motifs is 1. The molecule has 2 N–H and O–H groups in total. The van der Waals surface area contributed by atoms with Gasteiger partial charge in [-0.1, -0.05) is 24.3 Å². The van der Waals surface area contributed by atoms with Gasteiger partial charge in [0.15, 0.2) is 5.96 Å². The molecule has 32 heavy (non-hydrogen) atoms. The van der Waals surface area contributed by atoms with E-state index in [0.29, 0.717) is 13.1 Å². The molecular weight excluding hydrogens is 517 g/mol. The minimum Gasteiger partial charge on any atom is -0.390 e. The second-order valence-electron chi connectivity index (χ2n) is 8.13. The third kappa shape index (κ3) is 6.52. The number of nitrogens with zero attached hydrogens (tertiary/aromatic N) is 6. The van der Waals surface area contributed by atoms with Gasteiger partial charge in [-0.25, -0.2) is 9.97 Å². The van der Waals surface area contributed by atoms with Crippen LogP contribution in [0.1, 0.15) is 18.1 Å². The molecule has 2 aliphatic heterocycles. The van der Waals surface area contributed by atoms with Crippen molar-refractivity contribution in [3.63, 3.8) is 0 Å². The average Bonchev–Trinajstić information content (AvgIpc) is 2.82. The number of aliphatic imine (C=N–C) groups is 1. The molecule has 9 heteroatoms. The Labute approximate surface area is 207 Å². The molecule has 0 saturated carbocycles. The van der Waals surface area contributed by atoms with Crippen LogP contribution in [0.3, 0.4) is 0 Å². The predicted molar refractivity (Wildman–Crippen MR) is 139 cm³/mol. The summed E-state index contributed by atoms with van der Waals surface area (Å²) in [5.74, 6) is 1.65. The minimum absolute atomic E-state index is 0. The van der Waals surface area contributed by atoms with Crippen LogP contribution in [-0.4, -0.2) is 89.3 Å². The molecule has 8 nitrogen and oxygen atoms in total. The maximum atomic E-state index is 10.6. The van der Waals surface area contributed by atoms with E-state index in [2.05, 4.69) is 61.2 Å². The lowest BCUT2D eigenvalue weighted by atomic mass is 10.00. The molecule has 0 aliphatic carbocycles. The first-order valence-electron chi connectivity index (χ1n) is 11.3. The highest BCUT2D eigenvalue weighted by Gasteiger charge is 2.22. The normalized spacial score (nSPS) is 18.0. The summed E-state index contributed by atoms with van der Waals surface area (Å²) in [5.41, 5.74) is 2.80. The van der Waals surface area contributed by atoms with E-state index in [1.54, 1.807) is 12.4 Å². The van der Waals surface area contributed by atoms with Gasteiger partial charge < -0.3 is 20.2 Å². The van der Waals surface area contributed by atoms with Gasteiger partial charge in [-0.2, -0.15) is 0 Å². The fourth-order valence-electron chi connectivity index (χ4n) is 4.26. The number of aliphatic hydroxyl groups is 1. The molecular formula is C23H34IN7O. The van der Waals surface area contributed by atoms with Crippen molar-refractivity contribution in [2.24, 2.45) is 4.99 Å². The van der Waals surface area contributed by atoms with E-state index in [0.717, 1.165) is 64.1 Å². The van der Waals surface area contributed by atoms with Crippen LogP contribution in [0.2, 0.25) is 0 Å². The molecule has 2 aliphatic rings. The number of guanidine groups is 1. The van der Waals surface area contributed by atoms with Gasteiger partial charge in [-0.3, -0.25) is 9.89 Å². The van der Waals surface area contributed by atoms with Crippen LogP contribution in [-0.2, 0) is 13.0 Å². The van der Waals surface area contributed by atoms with Crippen LogP contribution < -0.4 is 10.2 Å². The van der Waals surface area contributed by atoms with Gasteiger partial charge in [0.2, 0.25) is 5.95 Å². The molecule has 1 saturated heterocycles. The van der Waals surface area contributed by atoms with Crippen molar-refractivity contribution in [2.45, 2.75) is 26.0 Å². The van der Waals surface area contributed by atoms with Crippen LogP contribution in [0.5, 0.6) is 0 Å². The Morgan fingerprint density at radius 1 is 1.06 bits per heavy atom. The van der Waals surface area contributed by atoms with E-state index in [1.807, 2.05) is 6.07 Å². The summed E-state index contributed by atoms with van der Waals surface area (Å²) in [5, 5.41) is 14.0. The highest BCUT2D eigenvalue weighted by Crippen LogP contribution is 2.18. The number of rotatable bonds is 6. The summed E-state index contributed by atoms with van der Waals surface area (Å²) in [6.45, 7) is 9.23. The molecule has 1 atom stereocenters. The van der Waals surface area contributed by atoms with Crippen molar-refractivity contribution in [1.82, 2.24) is 25.1 Å². The summed E-state index contributed by atoms with van der Waals surface area (Å²) in [6, 6.07) is 10.4. The molecule has 3 heterocycles. The molecule has 174 valence electrons. The van der Waals surface area contributed by atoms with Crippen molar-refractivity contribution in [3.8, 4) is 0 Å². The van der Waals surface area contributed by atoms with Crippen LogP contribution in [0, 0.1) is 0 Å². The number of aliphatic hydroxyl groups excluding tert-OH is 1. The third-order valence-electron chi connectivity index (χ3n) is 5.88. The van der Waals surface area contributed by atoms with Crippen molar-refractivity contribution in [3.05, 3.63) is 53.9 Å². The van der Waals surface area contributed by atoms with E-state index in [9.17, 15) is 5.11 Å². The van der Waals surface area contributed by atoms with E-state index < -0.39 is 6.10 Å². The van der Waals surface area contributed by atoms with Gasteiger partial charge in [0, 0.05) is 64.8 Å². The molecule has 0 bridgehead atoms. The molecule has 1 aromatic heterocycles. The van der Waals surface area contributed by atoms with Gasteiger partial charge >= 0.3 is 0 Å². The number of β-amino-alcohol motifs (C(OH)–C–C–N with tert-alkyl or cyclic N) is 1. The minimum atomic E-state index is -0.474. The molecule has 0 amide bonds. The molecule has 1 aromatic carbocycles. The number of nitrogens with one attached hydrogen (secondary N) is 1.